The average molecular weight is 278 g/mol. The van der Waals surface area contributed by atoms with Gasteiger partial charge in [0.15, 0.2) is 5.82 Å². The highest BCUT2D eigenvalue weighted by Gasteiger charge is 2.04. The van der Waals surface area contributed by atoms with Crippen molar-refractivity contribution in [3.05, 3.63) is 47.0 Å². The average Bonchev–Trinajstić information content (AvgIpc) is 2.95. The second-order valence-corrected chi connectivity index (χ2v) is 4.62. The molecule has 0 saturated heterocycles. The molecule has 0 aliphatic carbocycles. The molecule has 7 heteroatoms. The second kappa shape index (κ2) is 4.99. The molecule has 19 heavy (non-hydrogen) atoms. The topological polar surface area (TPSA) is 68.2 Å². The number of fused-ring (bicyclic) bond motifs is 1. The minimum atomic E-state index is 0.523. The smallest absolute Gasteiger partial charge is 0.240 e. The zero-order valence-corrected chi connectivity index (χ0v) is 11.1. The lowest BCUT2D eigenvalue weighted by molar-refractivity contribution is 0.364. The van der Waals surface area contributed by atoms with Crippen molar-refractivity contribution in [3.8, 4) is 0 Å². The van der Waals surface area contributed by atoms with Gasteiger partial charge < -0.3 is 14.2 Å². The Morgan fingerprint density at radius 2 is 2.16 bits per heavy atom. The van der Waals surface area contributed by atoms with Crippen LogP contribution in [0.2, 0.25) is 5.02 Å². The molecule has 0 amide bonds. The van der Waals surface area contributed by atoms with E-state index in [0.717, 1.165) is 11.3 Å². The van der Waals surface area contributed by atoms with Gasteiger partial charge in [-0.05, 0) is 19.1 Å². The molecule has 0 aliphatic heterocycles. The van der Waals surface area contributed by atoms with Gasteiger partial charge in [0.1, 0.15) is 5.65 Å². The molecule has 0 fully saturated rings. The summed E-state index contributed by atoms with van der Waals surface area (Å²) in [6.07, 6.45) is 3.77. The molecule has 0 unspecified atom stereocenters. The quantitative estimate of drug-likeness (QED) is 0.790. The summed E-state index contributed by atoms with van der Waals surface area (Å²) in [7, 11) is 0. The lowest BCUT2D eigenvalue weighted by Crippen LogP contribution is -2.13. The van der Waals surface area contributed by atoms with Gasteiger partial charge >= 0.3 is 0 Å². The van der Waals surface area contributed by atoms with Gasteiger partial charge in [-0.1, -0.05) is 16.8 Å². The number of imidazole rings is 1. The zero-order chi connectivity index (χ0) is 13.2. The molecular weight excluding hydrogens is 266 g/mol. The van der Waals surface area contributed by atoms with Crippen LogP contribution in [0.25, 0.3) is 5.65 Å². The van der Waals surface area contributed by atoms with Gasteiger partial charge in [0.25, 0.3) is 0 Å². The number of hydrogen-bond donors (Lipinski definition) is 1. The Labute approximate surface area is 114 Å². The Bertz CT molecular complexity index is 705. The molecule has 0 aromatic carbocycles. The third-order valence-electron chi connectivity index (χ3n) is 2.62. The number of aryl methyl sites for hydroxylation is 1. The van der Waals surface area contributed by atoms with E-state index in [1.807, 2.05) is 28.9 Å². The lowest BCUT2D eigenvalue weighted by atomic mass is 10.4. The minimum Gasteiger partial charge on any atom is -0.338 e. The van der Waals surface area contributed by atoms with Crippen molar-refractivity contribution >= 4 is 17.2 Å². The molecule has 98 valence electrons. The highest BCUT2D eigenvalue weighted by atomic mass is 35.5. The molecule has 6 nitrogen and oxygen atoms in total. The highest BCUT2D eigenvalue weighted by Crippen LogP contribution is 2.11. The molecule has 0 radical (unpaired) electrons. The highest BCUT2D eigenvalue weighted by molar-refractivity contribution is 6.30. The van der Waals surface area contributed by atoms with Gasteiger partial charge in [-0.25, -0.2) is 4.98 Å². The molecule has 0 saturated carbocycles. The molecule has 0 atom stereocenters. The Morgan fingerprint density at radius 3 is 2.95 bits per heavy atom. The van der Waals surface area contributed by atoms with Crippen molar-refractivity contribution in [2.75, 3.05) is 0 Å². The van der Waals surface area contributed by atoms with Crippen LogP contribution in [0.15, 0.2) is 29.0 Å². The van der Waals surface area contributed by atoms with Crippen LogP contribution in [0.5, 0.6) is 0 Å². The molecule has 3 heterocycles. The van der Waals surface area contributed by atoms with Crippen LogP contribution in [0.3, 0.4) is 0 Å². The van der Waals surface area contributed by atoms with Crippen molar-refractivity contribution < 1.29 is 4.52 Å². The summed E-state index contributed by atoms with van der Waals surface area (Å²) in [6.45, 7) is 2.94. The van der Waals surface area contributed by atoms with Gasteiger partial charge in [0.2, 0.25) is 5.89 Å². The van der Waals surface area contributed by atoms with E-state index in [1.54, 1.807) is 6.92 Å². The Hall–Kier alpha value is -1.92. The fourth-order valence-corrected chi connectivity index (χ4v) is 1.98. The van der Waals surface area contributed by atoms with Crippen LogP contribution < -0.4 is 5.32 Å². The predicted octanol–water partition coefficient (Wildman–Crippen LogP) is 1.97. The predicted molar refractivity (Wildman–Crippen MR) is 69.8 cm³/mol. The first-order chi connectivity index (χ1) is 9.20. The van der Waals surface area contributed by atoms with Gasteiger partial charge in [0, 0.05) is 18.9 Å². The largest absolute Gasteiger partial charge is 0.338 e. The summed E-state index contributed by atoms with van der Waals surface area (Å²) >= 11 is 5.92. The number of halogens is 1. The Kier molecular flexibility index (Phi) is 3.18. The van der Waals surface area contributed by atoms with Crippen molar-refractivity contribution in [1.29, 1.82) is 0 Å². The Morgan fingerprint density at radius 1 is 1.26 bits per heavy atom. The first-order valence-electron chi connectivity index (χ1n) is 5.84. The van der Waals surface area contributed by atoms with Crippen LogP contribution in [0, 0.1) is 6.92 Å². The van der Waals surface area contributed by atoms with Crippen LogP contribution >= 0.6 is 11.6 Å². The maximum Gasteiger partial charge on any atom is 0.240 e. The van der Waals surface area contributed by atoms with Crippen LogP contribution in [0.1, 0.15) is 17.4 Å². The number of nitrogens with zero attached hydrogens (tertiary/aromatic N) is 4. The maximum absolute atomic E-state index is 5.92. The molecule has 3 aromatic rings. The molecule has 0 aliphatic rings. The fraction of sp³-hybridized carbons (Fsp3) is 0.250. The van der Waals surface area contributed by atoms with E-state index in [1.165, 1.54) is 0 Å². The van der Waals surface area contributed by atoms with Crippen LogP contribution in [-0.2, 0) is 13.1 Å². The summed E-state index contributed by atoms with van der Waals surface area (Å²) in [5, 5.41) is 7.61. The van der Waals surface area contributed by atoms with E-state index >= 15 is 0 Å². The van der Waals surface area contributed by atoms with Crippen molar-refractivity contribution in [1.82, 2.24) is 24.8 Å². The van der Waals surface area contributed by atoms with Gasteiger partial charge in [-0.15, -0.1) is 0 Å². The molecule has 3 aromatic heterocycles. The summed E-state index contributed by atoms with van der Waals surface area (Å²) in [6, 6.07) is 3.70. The summed E-state index contributed by atoms with van der Waals surface area (Å²) in [5.41, 5.74) is 1.80. The normalized spacial score (nSPS) is 11.3. The first kappa shape index (κ1) is 12.1. The number of aromatic nitrogens is 4. The monoisotopic (exact) mass is 277 g/mol. The van der Waals surface area contributed by atoms with E-state index in [9.17, 15) is 0 Å². The third-order valence-corrected chi connectivity index (χ3v) is 2.84. The van der Waals surface area contributed by atoms with Gasteiger partial charge in [-0.2, -0.15) is 4.98 Å². The summed E-state index contributed by atoms with van der Waals surface area (Å²) < 4.78 is 6.91. The lowest BCUT2D eigenvalue weighted by Gasteiger charge is -1.96. The van der Waals surface area contributed by atoms with E-state index in [2.05, 4.69) is 20.4 Å². The third kappa shape index (κ3) is 2.74. The van der Waals surface area contributed by atoms with Gasteiger partial charge in [0.05, 0.1) is 17.3 Å². The minimum absolute atomic E-state index is 0.523. The summed E-state index contributed by atoms with van der Waals surface area (Å²) in [4.78, 5) is 8.58. The van der Waals surface area contributed by atoms with E-state index in [4.69, 9.17) is 16.1 Å². The first-order valence-corrected chi connectivity index (χ1v) is 6.21. The molecule has 0 bridgehead atoms. The van der Waals surface area contributed by atoms with E-state index < -0.39 is 0 Å². The summed E-state index contributed by atoms with van der Waals surface area (Å²) in [5.74, 6) is 1.21. The maximum atomic E-state index is 5.92. The fourth-order valence-electron chi connectivity index (χ4n) is 1.81. The standard InChI is InChI=1S/C12H12ClN5O/c1-8-15-12(19-17-8)5-14-4-10-7-18-6-9(13)2-3-11(18)16-10/h2-3,6-7,14H,4-5H2,1H3. The van der Waals surface area contributed by atoms with Crippen molar-refractivity contribution in [3.63, 3.8) is 0 Å². The second-order valence-electron chi connectivity index (χ2n) is 4.18. The molecule has 0 spiro atoms. The van der Waals surface area contributed by atoms with Crippen molar-refractivity contribution in [2.45, 2.75) is 20.0 Å². The van der Waals surface area contributed by atoms with E-state index in [-0.39, 0.29) is 0 Å². The zero-order valence-electron chi connectivity index (χ0n) is 10.3. The number of hydrogen-bond acceptors (Lipinski definition) is 5. The van der Waals surface area contributed by atoms with Crippen molar-refractivity contribution in [2.24, 2.45) is 0 Å². The SMILES string of the molecule is Cc1noc(CNCc2cn3cc(Cl)ccc3n2)n1. The van der Waals surface area contributed by atoms with E-state index in [0.29, 0.717) is 29.8 Å². The number of rotatable bonds is 4. The number of pyridine rings is 1. The molecule has 3 rings (SSSR count). The Balaban J connectivity index is 1.65. The van der Waals surface area contributed by atoms with Gasteiger partial charge in [-0.3, -0.25) is 0 Å². The van der Waals surface area contributed by atoms with Crippen LogP contribution in [0.4, 0.5) is 0 Å². The number of nitrogens with one attached hydrogen (secondary N) is 1. The molecule has 1 N–H and O–H groups in total. The molecular formula is C12H12ClN5O. The van der Waals surface area contributed by atoms with Crippen LogP contribution in [-0.4, -0.2) is 19.5 Å².